The van der Waals surface area contributed by atoms with E-state index in [2.05, 4.69) is 30.3 Å². The molecule has 4 aromatic carbocycles. The van der Waals surface area contributed by atoms with Crippen molar-refractivity contribution in [1.29, 1.82) is 0 Å². The van der Waals surface area contributed by atoms with Gasteiger partial charge in [-0.3, -0.25) is 9.36 Å². The Kier molecular flexibility index (Phi) is 7.05. The molecule has 0 bridgehead atoms. The van der Waals surface area contributed by atoms with E-state index in [1.807, 2.05) is 75.4 Å². The molecule has 206 valence electrons. The highest BCUT2D eigenvalue weighted by Gasteiger charge is 2.33. The van der Waals surface area contributed by atoms with Gasteiger partial charge in [0.1, 0.15) is 5.75 Å². The maximum atomic E-state index is 14.2. The summed E-state index contributed by atoms with van der Waals surface area (Å²) in [5.74, 6) is 0.243. The molecule has 6 rings (SSSR count). The molecule has 0 amide bonds. The molecule has 0 N–H and O–H groups in total. The first-order chi connectivity index (χ1) is 19.9. The standard InChI is InChI=1S/C34H30N2O4S/c1-5-39-25-16-14-22(15-17-25)31-30(33(38)40-20(2)3)21(4)35-34-36(31)32(37)29(41-34)19-28-26-12-8-6-10-23(26)18-24-11-7-9-13-27(24)28/h6-20,31H,5H2,1-4H3/b29-19+/t31-/m1/s1. The Bertz CT molecular complexity index is 1960. The minimum Gasteiger partial charge on any atom is -0.494 e. The van der Waals surface area contributed by atoms with Gasteiger partial charge in [-0.2, -0.15) is 0 Å². The molecule has 7 heteroatoms. The van der Waals surface area contributed by atoms with Crippen LogP contribution in [0.5, 0.6) is 5.75 Å². The van der Waals surface area contributed by atoms with Crippen LogP contribution in [0.1, 0.15) is 44.9 Å². The van der Waals surface area contributed by atoms with Crippen molar-refractivity contribution in [3.63, 3.8) is 0 Å². The molecular formula is C34H30N2O4S. The Morgan fingerprint density at radius 3 is 2.24 bits per heavy atom. The summed E-state index contributed by atoms with van der Waals surface area (Å²) in [7, 11) is 0. The molecule has 1 atom stereocenters. The number of carbonyl (C=O) groups is 1. The van der Waals surface area contributed by atoms with Gasteiger partial charge in [0, 0.05) is 0 Å². The van der Waals surface area contributed by atoms with E-state index in [1.54, 1.807) is 11.5 Å². The topological polar surface area (TPSA) is 69.9 Å². The molecule has 1 aromatic heterocycles. The minimum absolute atomic E-state index is 0.202. The molecular weight excluding hydrogens is 532 g/mol. The molecule has 0 spiro atoms. The van der Waals surface area contributed by atoms with Crippen molar-refractivity contribution in [2.75, 3.05) is 6.61 Å². The van der Waals surface area contributed by atoms with Gasteiger partial charge in [0.05, 0.1) is 34.6 Å². The van der Waals surface area contributed by atoms with E-state index in [0.29, 0.717) is 27.2 Å². The molecule has 0 saturated carbocycles. The van der Waals surface area contributed by atoms with Gasteiger partial charge in [0.15, 0.2) is 4.80 Å². The predicted molar refractivity (Wildman–Crippen MR) is 164 cm³/mol. The molecule has 0 aliphatic carbocycles. The number of rotatable bonds is 6. The Labute approximate surface area is 241 Å². The van der Waals surface area contributed by atoms with E-state index < -0.39 is 12.0 Å². The summed E-state index contributed by atoms with van der Waals surface area (Å²) >= 11 is 1.33. The van der Waals surface area contributed by atoms with E-state index in [1.165, 1.54) is 11.3 Å². The van der Waals surface area contributed by atoms with Crippen LogP contribution in [0, 0.1) is 0 Å². The Morgan fingerprint density at radius 1 is 1.00 bits per heavy atom. The minimum atomic E-state index is -0.681. The van der Waals surface area contributed by atoms with Crippen LogP contribution in [0.25, 0.3) is 27.6 Å². The summed E-state index contributed by atoms with van der Waals surface area (Å²) in [6.07, 6.45) is 1.66. The van der Waals surface area contributed by atoms with Crippen LogP contribution in [0.3, 0.4) is 0 Å². The van der Waals surface area contributed by atoms with Crippen molar-refractivity contribution in [1.82, 2.24) is 4.57 Å². The number of esters is 1. The maximum Gasteiger partial charge on any atom is 0.338 e. The van der Waals surface area contributed by atoms with Crippen LogP contribution < -0.4 is 19.6 Å². The molecule has 6 nitrogen and oxygen atoms in total. The van der Waals surface area contributed by atoms with Crippen LogP contribution in [0.4, 0.5) is 0 Å². The number of carbonyl (C=O) groups excluding carboxylic acids is 1. The van der Waals surface area contributed by atoms with Crippen LogP contribution in [0.2, 0.25) is 0 Å². The molecule has 41 heavy (non-hydrogen) atoms. The lowest BCUT2D eigenvalue weighted by Crippen LogP contribution is -2.40. The smallest absolute Gasteiger partial charge is 0.338 e. The quantitative estimate of drug-likeness (QED) is 0.191. The van der Waals surface area contributed by atoms with Crippen molar-refractivity contribution < 1.29 is 14.3 Å². The monoisotopic (exact) mass is 562 g/mol. The van der Waals surface area contributed by atoms with Crippen molar-refractivity contribution in [2.24, 2.45) is 4.99 Å². The second kappa shape index (κ2) is 10.8. The van der Waals surface area contributed by atoms with Gasteiger partial charge in [-0.15, -0.1) is 0 Å². The highest BCUT2D eigenvalue weighted by atomic mass is 32.1. The number of ether oxygens (including phenoxy) is 2. The van der Waals surface area contributed by atoms with Crippen LogP contribution in [-0.2, 0) is 9.53 Å². The molecule has 1 aliphatic heterocycles. The van der Waals surface area contributed by atoms with Gasteiger partial charge < -0.3 is 9.47 Å². The number of benzene rings is 4. The Morgan fingerprint density at radius 2 is 1.63 bits per heavy atom. The number of allylic oxidation sites excluding steroid dienone is 1. The first-order valence-corrected chi connectivity index (χ1v) is 14.5. The number of fused-ring (bicyclic) bond motifs is 3. The third kappa shape index (κ3) is 4.87. The van der Waals surface area contributed by atoms with Crippen LogP contribution in [0.15, 0.2) is 99.9 Å². The van der Waals surface area contributed by atoms with Gasteiger partial charge in [-0.25, -0.2) is 9.79 Å². The third-order valence-electron chi connectivity index (χ3n) is 7.18. The fourth-order valence-electron chi connectivity index (χ4n) is 5.42. The third-order valence-corrected chi connectivity index (χ3v) is 8.16. The van der Waals surface area contributed by atoms with E-state index in [-0.39, 0.29) is 11.7 Å². The lowest BCUT2D eigenvalue weighted by Gasteiger charge is -2.25. The Hall–Kier alpha value is -4.49. The van der Waals surface area contributed by atoms with Gasteiger partial charge in [-0.1, -0.05) is 72.0 Å². The first kappa shape index (κ1) is 26.7. The van der Waals surface area contributed by atoms with E-state index in [9.17, 15) is 9.59 Å². The maximum absolute atomic E-state index is 14.2. The summed E-state index contributed by atoms with van der Waals surface area (Å²) in [4.78, 5) is 32.9. The van der Waals surface area contributed by atoms with E-state index in [0.717, 1.165) is 38.4 Å². The summed E-state index contributed by atoms with van der Waals surface area (Å²) in [5, 5.41) is 4.34. The average molecular weight is 563 g/mol. The fraction of sp³-hybridized carbons (Fsp3) is 0.206. The average Bonchev–Trinajstić information content (AvgIpc) is 3.26. The van der Waals surface area contributed by atoms with Gasteiger partial charge in [-0.05, 0) is 84.6 Å². The molecule has 5 aromatic rings. The zero-order chi connectivity index (χ0) is 28.7. The SMILES string of the molecule is CCOc1ccc([C@@H]2C(C(=O)OC(C)C)=C(C)N=c3s/c(=C/c4c5ccccc5cc5ccccc45)c(=O)n32)cc1. The summed E-state index contributed by atoms with van der Waals surface area (Å²) in [6, 6.07) is 25.4. The molecule has 0 unspecified atom stereocenters. The van der Waals surface area contributed by atoms with Gasteiger partial charge >= 0.3 is 5.97 Å². The molecule has 1 aliphatic rings. The second-order valence-electron chi connectivity index (χ2n) is 10.3. The lowest BCUT2D eigenvalue weighted by molar-refractivity contribution is -0.143. The van der Waals surface area contributed by atoms with Crippen molar-refractivity contribution in [3.05, 3.63) is 121 Å². The largest absolute Gasteiger partial charge is 0.494 e. The highest BCUT2D eigenvalue weighted by Crippen LogP contribution is 2.32. The van der Waals surface area contributed by atoms with Gasteiger partial charge in [0.2, 0.25) is 0 Å². The molecule has 2 heterocycles. The van der Waals surface area contributed by atoms with E-state index >= 15 is 0 Å². The van der Waals surface area contributed by atoms with E-state index in [4.69, 9.17) is 14.5 Å². The van der Waals surface area contributed by atoms with Crippen LogP contribution >= 0.6 is 11.3 Å². The molecule has 0 radical (unpaired) electrons. The lowest BCUT2D eigenvalue weighted by atomic mass is 9.95. The summed E-state index contributed by atoms with van der Waals surface area (Å²) < 4.78 is 13.4. The van der Waals surface area contributed by atoms with Crippen LogP contribution in [-0.4, -0.2) is 23.2 Å². The number of nitrogens with zero attached hydrogens (tertiary/aromatic N) is 2. The van der Waals surface area contributed by atoms with Crippen molar-refractivity contribution >= 4 is 44.9 Å². The van der Waals surface area contributed by atoms with Crippen molar-refractivity contribution in [3.8, 4) is 5.75 Å². The number of thiazole rings is 1. The molecule has 0 fully saturated rings. The van der Waals surface area contributed by atoms with Gasteiger partial charge in [0.25, 0.3) is 5.56 Å². The zero-order valence-electron chi connectivity index (χ0n) is 23.4. The first-order valence-electron chi connectivity index (χ1n) is 13.7. The number of aromatic nitrogens is 1. The molecule has 0 saturated heterocycles. The normalized spacial score (nSPS) is 15.3. The summed E-state index contributed by atoms with van der Waals surface area (Å²) in [5.41, 5.74) is 2.46. The number of hydrogen-bond acceptors (Lipinski definition) is 6. The second-order valence-corrected chi connectivity index (χ2v) is 11.3. The number of hydrogen-bond donors (Lipinski definition) is 0. The highest BCUT2D eigenvalue weighted by molar-refractivity contribution is 7.07. The van der Waals surface area contributed by atoms with Crippen molar-refractivity contribution in [2.45, 2.75) is 39.8 Å². The Balaban J connectivity index is 1.60. The predicted octanol–water partition coefficient (Wildman–Crippen LogP) is 5.89. The summed E-state index contributed by atoms with van der Waals surface area (Å²) in [6.45, 7) is 7.89. The zero-order valence-corrected chi connectivity index (χ0v) is 24.2. The fourth-order valence-corrected chi connectivity index (χ4v) is 6.45.